The molecular weight excluding hydrogens is 255 g/mol. The number of rotatable bonds is 0. The first-order chi connectivity index (χ1) is 7.80. The van der Waals surface area contributed by atoms with Crippen molar-refractivity contribution in [3.05, 3.63) is 33.8 Å². The Labute approximate surface area is 101 Å². The fraction of sp³-hybridized carbons (Fsp3) is 0.364. The van der Waals surface area contributed by atoms with Crippen LogP contribution in [0.4, 0.5) is 13.2 Å². The van der Waals surface area contributed by atoms with E-state index in [1.807, 2.05) is 0 Å². The summed E-state index contributed by atoms with van der Waals surface area (Å²) in [5.74, 6) is -0.290. The van der Waals surface area contributed by atoms with Crippen molar-refractivity contribution in [1.82, 2.24) is 4.90 Å². The van der Waals surface area contributed by atoms with E-state index >= 15 is 0 Å². The lowest BCUT2D eigenvalue weighted by Gasteiger charge is -2.25. The highest BCUT2D eigenvalue weighted by Crippen LogP contribution is 2.37. The lowest BCUT2D eigenvalue weighted by Crippen LogP contribution is -2.34. The number of hydrogen-bond donors (Lipinski definition) is 0. The summed E-state index contributed by atoms with van der Waals surface area (Å²) in [6, 6.07) is 2.08. The summed E-state index contributed by atoms with van der Waals surface area (Å²) < 4.78 is 37.8. The van der Waals surface area contributed by atoms with Gasteiger partial charge >= 0.3 is 6.18 Å². The summed E-state index contributed by atoms with van der Waals surface area (Å²) in [5.41, 5.74) is -0.211. The van der Waals surface area contributed by atoms with Crippen LogP contribution >= 0.6 is 11.6 Å². The van der Waals surface area contributed by atoms with Crippen LogP contribution in [0.1, 0.15) is 21.5 Å². The Morgan fingerprint density at radius 1 is 1.35 bits per heavy atom. The Balaban J connectivity index is 2.56. The molecule has 1 aromatic rings. The minimum atomic E-state index is -4.49. The predicted octanol–water partition coefficient (Wildman–Crippen LogP) is 2.99. The lowest BCUT2D eigenvalue weighted by molar-refractivity contribution is -0.137. The first kappa shape index (κ1) is 12.2. The molecule has 0 spiro atoms. The minimum absolute atomic E-state index is 0.261. The molecule has 0 atom stereocenters. The van der Waals surface area contributed by atoms with E-state index in [1.54, 1.807) is 7.05 Å². The Bertz CT molecular complexity index is 484. The SMILES string of the molecule is CN1CCc2cc(C(F)(F)F)c(Cl)cc2C1=O. The van der Waals surface area contributed by atoms with Crippen LogP contribution in [0.3, 0.4) is 0 Å². The van der Waals surface area contributed by atoms with E-state index in [0.29, 0.717) is 18.5 Å². The van der Waals surface area contributed by atoms with Crippen molar-refractivity contribution in [3.8, 4) is 0 Å². The highest BCUT2D eigenvalue weighted by Gasteiger charge is 2.35. The molecule has 0 unspecified atom stereocenters. The van der Waals surface area contributed by atoms with Crippen molar-refractivity contribution in [2.75, 3.05) is 13.6 Å². The molecule has 1 aromatic carbocycles. The van der Waals surface area contributed by atoms with E-state index in [2.05, 4.69) is 0 Å². The largest absolute Gasteiger partial charge is 0.417 e. The van der Waals surface area contributed by atoms with Gasteiger partial charge in [-0.05, 0) is 24.1 Å². The molecule has 92 valence electrons. The van der Waals surface area contributed by atoms with Crippen molar-refractivity contribution in [2.45, 2.75) is 12.6 Å². The predicted molar refractivity (Wildman–Crippen MR) is 57.1 cm³/mol. The lowest BCUT2D eigenvalue weighted by atomic mass is 9.96. The molecule has 0 aliphatic carbocycles. The fourth-order valence-corrected chi connectivity index (χ4v) is 2.11. The molecule has 0 fully saturated rings. The van der Waals surface area contributed by atoms with Crippen LogP contribution in [0.5, 0.6) is 0 Å². The zero-order valence-corrected chi connectivity index (χ0v) is 9.69. The van der Waals surface area contributed by atoms with E-state index in [1.165, 1.54) is 4.90 Å². The smallest absolute Gasteiger partial charge is 0.341 e. The Morgan fingerprint density at radius 2 is 2.00 bits per heavy atom. The number of carbonyl (C=O) groups is 1. The van der Waals surface area contributed by atoms with Gasteiger partial charge in [0.1, 0.15) is 0 Å². The highest BCUT2D eigenvalue weighted by molar-refractivity contribution is 6.31. The van der Waals surface area contributed by atoms with Gasteiger partial charge < -0.3 is 4.90 Å². The summed E-state index contributed by atoms with van der Waals surface area (Å²) in [6.45, 7) is 0.421. The highest BCUT2D eigenvalue weighted by atomic mass is 35.5. The van der Waals surface area contributed by atoms with Crippen LogP contribution in [0.2, 0.25) is 5.02 Å². The molecule has 1 heterocycles. The number of fused-ring (bicyclic) bond motifs is 1. The average molecular weight is 264 g/mol. The van der Waals surface area contributed by atoms with Crippen LogP contribution in [-0.4, -0.2) is 24.4 Å². The number of nitrogens with zero attached hydrogens (tertiary/aromatic N) is 1. The van der Waals surface area contributed by atoms with E-state index < -0.39 is 16.8 Å². The molecule has 0 bridgehead atoms. The number of halogens is 4. The molecule has 0 aromatic heterocycles. The molecular formula is C11H9ClF3NO. The second-order valence-electron chi connectivity index (χ2n) is 3.96. The number of amides is 1. The summed E-state index contributed by atoms with van der Waals surface area (Å²) in [4.78, 5) is 13.2. The monoisotopic (exact) mass is 263 g/mol. The topological polar surface area (TPSA) is 20.3 Å². The summed E-state index contributed by atoms with van der Waals surface area (Å²) in [7, 11) is 1.61. The number of hydrogen-bond acceptors (Lipinski definition) is 1. The van der Waals surface area contributed by atoms with Crippen LogP contribution in [-0.2, 0) is 12.6 Å². The molecule has 0 N–H and O–H groups in total. The van der Waals surface area contributed by atoms with Crippen LogP contribution < -0.4 is 0 Å². The third kappa shape index (κ3) is 2.11. The van der Waals surface area contributed by atoms with Crippen LogP contribution in [0.25, 0.3) is 0 Å². The molecule has 1 amide bonds. The standard InChI is InChI=1S/C11H9ClF3NO/c1-16-3-2-6-4-8(11(13,14)15)9(12)5-7(6)10(16)17/h4-5H,2-3H2,1H3. The van der Waals surface area contributed by atoms with Gasteiger partial charge in [-0.2, -0.15) is 13.2 Å². The number of benzene rings is 1. The zero-order chi connectivity index (χ0) is 12.8. The van der Waals surface area contributed by atoms with Gasteiger partial charge in [0.15, 0.2) is 0 Å². The van der Waals surface area contributed by atoms with Crippen molar-refractivity contribution < 1.29 is 18.0 Å². The fourth-order valence-electron chi connectivity index (χ4n) is 1.84. The quantitative estimate of drug-likeness (QED) is 0.705. The van der Waals surface area contributed by atoms with Gasteiger partial charge in [-0.15, -0.1) is 0 Å². The Kier molecular flexibility index (Phi) is 2.81. The molecule has 0 saturated heterocycles. The molecule has 0 saturated carbocycles. The van der Waals surface area contributed by atoms with Gasteiger partial charge in [-0.1, -0.05) is 11.6 Å². The van der Waals surface area contributed by atoms with Crippen LogP contribution in [0.15, 0.2) is 12.1 Å². The molecule has 2 rings (SSSR count). The second-order valence-corrected chi connectivity index (χ2v) is 4.37. The van der Waals surface area contributed by atoms with Gasteiger partial charge in [0.25, 0.3) is 5.91 Å². The van der Waals surface area contributed by atoms with Gasteiger partial charge in [0.05, 0.1) is 10.6 Å². The molecule has 0 radical (unpaired) electrons. The van der Waals surface area contributed by atoms with Gasteiger partial charge in [-0.25, -0.2) is 0 Å². The number of carbonyl (C=O) groups excluding carboxylic acids is 1. The maximum absolute atomic E-state index is 12.6. The van der Waals surface area contributed by atoms with E-state index in [-0.39, 0.29) is 11.5 Å². The Hall–Kier alpha value is -1.23. The Morgan fingerprint density at radius 3 is 2.59 bits per heavy atom. The van der Waals surface area contributed by atoms with Crippen molar-refractivity contribution in [3.63, 3.8) is 0 Å². The van der Waals surface area contributed by atoms with Crippen molar-refractivity contribution in [1.29, 1.82) is 0 Å². The second kappa shape index (κ2) is 3.91. The van der Waals surface area contributed by atoms with Gasteiger partial charge in [0.2, 0.25) is 0 Å². The van der Waals surface area contributed by atoms with Crippen molar-refractivity contribution >= 4 is 17.5 Å². The number of likely N-dealkylation sites (N-methyl/N-ethyl adjacent to an activating group) is 1. The molecule has 6 heteroatoms. The summed E-state index contributed by atoms with van der Waals surface area (Å²) in [5, 5.41) is -0.431. The third-order valence-electron chi connectivity index (χ3n) is 2.79. The molecule has 17 heavy (non-hydrogen) atoms. The third-order valence-corrected chi connectivity index (χ3v) is 3.10. The van der Waals surface area contributed by atoms with Crippen LogP contribution in [0, 0.1) is 0 Å². The van der Waals surface area contributed by atoms with E-state index in [0.717, 1.165) is 12.1 Å². The maximum atomic E-state index is 12.6. The molecule has 1 aliphatic rings. The molecule has 2 nitrogen and oxygen atoms in total. The van der Waals surface area contributed by atoms with Gasteiger partial charge in [-0.3, -0.25) is 4.79 Å². The van der Waals surface area contributed by atoms with E-state index in [4.69, 9.17) is 11.6 Å². The normalized spacial score (nSPS) is 16.1. The zero-order valence-electron chi connectivity index (χ0n) is 8.94. The average Bonchev–Trinajstić information content (AvgIpc) is 2.22. The minimum Gasteiger partial charge on any atom is -0.341 e. The summed E-state index contributed by atoms with van der Waals surface area (Å²) in [6.07, 6.45) is -4.07. The number of alkyl halides is 3. The summed E-state index contributed by atoms with van der Waals surface area (Å²) >= 11 is 5.57. The first-order valence-corrected chi connectivity index (χ1v) is 5.33. The first-order valence-electron chi connectivity index (χ1n) is 4.96. The van der Waals surface area contributed by atoms with Gasteiger partial charge in [0, 0.05) is 19.2 Å². The maximum Gasteiger partial charge on any atom is 0.417 e. The van der Waals surface area contributed by atoms with E-state index in [9.17, 15) is 18.0 Å². The molecule has 1 aliphatic heterocycles. The van der Waals surface area contributed by atoms with Crippen molar-refractivity contribution in [2.24, 2.45) is 0 Å².